The highest BCUT2D eigenvalue weighted by atomic mass is 16.6. The van der Waals surface area contributed by atoms with Crippen LogP contribution in [-0.2, 0) is 23.1 Å². The molecular weight excluding hydrogens is 362 g/mol. The van der Waals surface area contributed by atoms with Crippen molar-refractivity contribution in [1.82, 2.24) is 24.9 Å². The Morgan fingerprint density at radius 2 is 2.18 bits per heavy atom. The molecule has 1 saturated heterocycles. The molecule has 1 unspecified atom stereocenters. The third-order valence-electron chi connectivity index (χ3n) is 4.50. The van der Waals surface area contributed by atoms with Crippen LogP contribution >= 0.6 is 0 Å². The summed E-state index contributed by atoms with van der Waals surface area (Å²) in [5.41, 5.74) is 0.280. The molecule has 0 radical (unpaired) electrons. The minimum absolute atomic E-state index is 0.133. The zero-order chi connectivity index (χ0) is 20.3. The van der Waals surface area contributed by atoms with Crippen LogP contribution in [0.2, 0.25) is 0 Å². The maximum absolute atomic E-state index is 12.5. The molecule has 9 nitrogen and oxygen atoms in total. The second-order valence-corrected chi connectivity index (χ2v) is 8.00. The normalized spacial score (nSPS) is 17.4. The lowest BCUT2D eigenvalue weighted by molar-refractivity contribution is -0.126. The zero-order valence-corrected chi connectivity index (χ0v) is 16.8. The first-order chi connectivity index (χ1) is 13.2. The first-order valence-electron chi connectivity index (χ1n) is 9.43. The van der Waals surface area contributed by atoms with Gasteiger partial charge in [0.25, 0.3) is 0 Å². The molecule has 0 aromatic carbocycles. The summed E-state index contributed by atoms with van der Waals surface area (Å²) >= 11 is 0. The minimum Gasteiger partial charge on any atom is -0.444 e. The van der Waals surface area contributed by atoms with Gasteiger partial charge >= 0.3 is 6.09 Å². The van der Waals surface area contributed by atoms with E-state index in [0.717, 1.165) is 18.5 Å². The lowest BCUT2D eigenvalue weighted by atomic mass is 9.97. The van der Waals surface area contributed by atoms with Gasteiger partial charge in [0.1, 0.15) is 5.60 Å². The Hall–Kier alpha value is -2.84. The van der Waals surface area contributed by atoms with E-state index in [4.69, 9.17) is 9.26 Å². The second kappa shape index (κ2) is 8.04. The van der Waals surface area contributed by atoms with Crippen molar-refractivity contribution in [1.29, 1.82) is 0 Å². The molecule has 0 spiro atoms. The fraction of sp³-hybridized carbons (Fsp3) is 0.579. The van der Waals surface area contributed by atoms with Gasteiger partial charge in [0, 0.05) is 26.3 Å². The van der Waals surface area contributed by atoms with Crippen molar-refractivity contribution in [2.75, 3.05) is 13.1 Å². The number of nitrogens with one attached hydrogen (secondary N) is 1. The minimum atomic E-state index is -0.555. The maximum atomic E-state index is 12.5. The van der Waals surface area contributed by atoms with Crippen LogP contribution in [-0.4, -0.2) is 50.3 Å². The van der Waals surface area contributed by atoms with E-state index in [1.165, 1.54) is 0 Å². The van der Waals surface area contributed by atoms with Gasteiger partial charge in [-0.2, -0.15) is 4.98 Å². The molecule has 3 rings (SSSR count). The highest BCUT2D eigenvalue weighted by Gasteiger charge is 2.31. The number of piperidine rings is 1. The standard InChI is InChI=1S/C19H27N5O4/c1-19(2,3)27-18(26)24-10-5-7-13(12-24)17(25)20-11-15-21-16(22-28-15)14-8-6-9-23(14)4/h6,8-9,13H,5,7,10-12H2,1-4H3,(H,20,25). The SMILES string of the molecule is Cn1cccc1-c1noc(CNC(=O)C2CCCN(C(=O)OC(C)(C)C)C2)n1. The van der Waals surface area contributed by atoms with Gasteiger partial charge < -0.3 is 24.0 Å². The van der Waals surface area contributed by atoms with Crippen LogP contribution < -0.4 is 5.32 Å². The number of likely N-dealkylation sites (tertiary alicyclic amines) is 1. The molecule has 1 aliphatic heterocycles. The number of nitrogens with zero attached hydrogens (tertiary/aromatic N) is 4. The van der Waals surface area contributed by atoms with Crippen molar-refractivity contribution in [2.24, 2.45) is 13.0 Å². The van der Waals surface area contributed by atoms with E-state index < -0.39 is 5.60 Å². The number of aromatic nitrogens is 3. The third kappa shape index (κ3) is 4.90. The number of hydrogen-bond acceptors (Lipinski definition) is 6. The van der Waals surface area contributed by atoms with E-state index in [2.05, 4.69) is 15.5 Å². The van der Waals surface area contributed by atoms with E-state index in [1.807, 2.05) is 50.7 Å². The van der Waals surface area contributed by atoms with Gasteiger partial charge in [-0.25, -0.2) is 4.79 Å². The summed E-state index contributed by atoms with van der Waals surface area (Å²) in [7, 11) is 1.90. The van der Waals surface area contributed by atoms with Gasteiger partial charge in [-0.3, -0.25) is 4.79 Å². The molecule has 2 aromatic heterocycles. The summed E-state index contributed by atoms with van der Waals surface area (Å²) in [4.78, 5) is 30.7. The predicted molar refractivity (Wildman–Crippen MR) is 101 cm³/mol. The quantitative estimate of drug-likeness (QED) is 0.861. The Morgan fingerprint density at radius 1 is 1.39 bits per heavy atom. The van der Waals surface area contributed by atoms with E-state index in [0.29, 0.717) is 24.8 Å². The first-order valence-corrected chi connectivity index (χ1v) is 9.43. The van der Waals surface area contributed by atoms with Crippen LogP contribution in [0.15, 0.2) is 22.9 Å². The van der Waals surface area contributed by atoms with Gasteiger partial charge in [-0.1, -0.05) is 5.16 Å². The molecule has 3 heterocycles. The summed E-state index contributed by atoms with van der Waals surface area (Å²) in [6.45, 7) is 6.58. The van der Waals surface area contributed by atoms with Gasteiger partial charge in [-0.05, 0) is 45.7 Å². The summed E-state index contributed by atoms with van der Waals surface area (Å²) < 4.78 is 12.5. The summed E-state index contributed by atoms with van der Waals surface area (Å²) in [5, 5.41) is 6.78. The Morgan fingerprint density at radius 3 is 2.86 bits per heavy atom. The zero-order valence-electron chi connectivity index (χ0n) is 16.8. The van der Waals surface area contributed by atoms with E-state index in [1.54, 1.807) is 4.90 Å². The Bertz CT molecular complexity index is 835. The van der Waals surface area contributed by atoms with Crippen LogP contribution in [0.25, 0.3) is 11.5 Å². The average molecular weight is 389 g/mol. The molecule has 0 aliphatic carbocycles. The van der Waals surface area contributed by atoms with Crippen molar-refractivity contribution in [2.45, 2.75) is 45.8 Å². The van der Waals surface area contributed by atoms with Crippen molar-refractivity contribution >= 4 is 12.0 Å². The molecule has 28 heavy (non-hydrogen) atoms. The van der Waals surface area contributed by atoms with Crippen LogP contribution in [0.1, 0.15) is 39.5 Å². The number of hydrogen-bond donors (Lipinski definition) is 1. The Kier molecular flexibility index (Phi) is 5.71. The van der Waals surface area contributed by atoms with Crippen LogP contribution in [0.4, 0.5) is 4.79 Å². The predicted octanol–water partition coefficient (Wildman–Crippen LogP) is 2.34. The van der Waals surface area contributed by atoms with Crippen molar-refractivity contribution < 1.29 is 18.8 Å². The Balaban J connectivity index is 1.53. The topological polar surface area (TPSA) is 102 Å². The number of carbonyl (C=O) groups is 2. The summed E-state index contributed by atoms with van der Waals surface area (Å²) in [6, 6.07) is 3.78. The number of ether oxygens (including phenoxy) is 1. The molecule has 9 heteroatoms. The number of carbonyl (C=O) groups excluding carboxylic acids is 2. The number of rotatable bonds is 4. The summed E-state index contributed by atoms with van der Waals surface area (Å²) in [5.74, 6) is 0.401. The van der Waals surface area contributed by atoms with Crippen molar-refractivity contribution in [3.8, 4) is 11.5 Å². The maximum Gasteiger partial charge on any atom is 0.410 e. The van der Waals surface area contributed by atoms with E-state index in [-0.39, 0.29) is 24.5 Å². The third-order valence-corrected chi connectivity index (χ3v) is 4.50. The highest BCUT2D eigenvalue weighted by Crippen LogP contribution is 2.20. The molecule has 1 N–H and O–H groups in total. The second-order valence-electron chi connectivity index (χ2n) is 8.00. The van der Waals surface area contributed by atoms with E-state index in [9.17, 15) is 9.59 Å². The number of amides is 2. The molecule has 2 amide bonds. The van der Waals surface area contributed by atoms with Gasteiger partial charge in [0.2, 0.25) is 17.6 Å². The lowest BCUT2D eigenvalue weighted by Gasteiger charge is -2.33. The molecule has 0 saturated carbocycles. The van der Waals surface area contributed by atoms with Crippen molar-refractivity contribution in [3.05, 3.63) is 24.2 Å². The average Bonchev–Trinajstić information content (AvgIpc) is 3.27. The van der Waals surface area contributed by atoms with Gasteiger partial charge in [-0.15, -0.1) is 0 Å². The molecule has 1 fully saturated rings. The van der Waals surface area contributed by atoms with Crippen LogP contribution in [0, 0.1) is 5.92 Å². The van der Waals surface area contributed by atoms with Crippen LogP contribution in [0.3, 0.4) is 0 Å². The van der Waals surface area contributed by atoms with Gasteiger partial charge in [0.05, 0.1) is 18.2 Å². The fourth-order valence-electron chi connectivity index (χ4n) is 3.11. The molecule has 1 atom stereocenters. The van der Waals surface area contributed by atoms with Crippen LogP contribution in [0.5, 0.6) is 0 Å². The van der Waals surface area contributed by atoms with Gasteiger partial charge in [0.15, 0.2) is 0 Å². The Labute approximate surface area is 164 Å². The first kappa shape index (κ1) is 19.9. The highest BCUT2D eigenvalue weighted by molar-refractivity contribution is 5.80. The lowest BCUT2D eigenvalue weighted by Crippen LogP contribution is -2.46. The van der Waals surface area contributed by atoms with E-state index >= 15 is 0 Å². The molecular formula is C19H27N5O4. The molecule has 152 valence electrons. The fourth-order valence-corrected chi connectivity index (χ4v) is 3.11. The van der Waals surface area contributed by atoms with Crippen molar-refractivity contribution in [3.63, 3.8) is 0 Å². The monoisotopic (exact) mass is 389 g/mol. The smallest absolute Gasteiger partial charge is 0.410 e. The number of aryl methyl sites for hydroxylation is 1. The molecule has 1 aliphatic rings. The molecule has 0 bridgehead atoms. The summed E-state index contributed by atoms with van der Waals surface area (Å²) in [6.07, 6.45) is 3.00. The molecule has 2 aromatic rings. The largest absolute Gasteiger partial charge is 0.444 e.